The maximum absolute atomic E-state index is 12.9. The number of anilines is 1. The Morgan fingerprint density at radius 1 is 1.31 bits per heavy atom. The van der Waals surface area contributed by atoms with Crippen molar-refractivity contribution in [1.29, 1.82) is 0 Å². The Bertz CT molecular complexity index is 940. The van der Waals surface area contributed by atoms with E-state index in [4.69, 9.17) is 0 Å². The van der Waals surface area contributed by atoms with E-state index in [2.05, 4.69) is 28.4 Å². The molecule has 4 nitrogen and oxygen atoms in total. The molecule has 0 saturated carbocycles. The molecular weight excluding hydrogens is 342 g/mol. The summed E-state index contributed by atoms with van der Waals surface area (Å²) in [6, 6.07) is 10.5. The molecule has 0 aliphatic heterocycles. The molecule has 1 aliphatic rings. The Morgan fingerprint density at radius 3 is 2.96 bits per heavy atom. The van der Waals surface area contributed by atoms with Crippen molar-refractivity contribution in [2.75, 3.05) is 4.90 Å². The first-order chi connectivity index (χ1) is 12.7. The van der Waals surface area contributed by atoms with Gasteiger partial charge in [0, 0.05) is 11.0 Å². The van der Waals surface area contributed by atoms with Gasteiger partial charge in [0.25, 0.3) is 5.91 Å². The second kappa shape index (κ2) is 7.30. The van der Waals surface area contributed by atoms with Crippen LogP contribution in [-0.4, -0.2) is 16.1 Å². The number of aryl methyl sites for hydroxylation is 3. The fourth-order valence-corrected chi connectivity index (χ4v) is 4.10. The van der Waals surface area contributed by atoms with Crippen LogP contribution in [0.1, 0.15) is 33.7 Å². The summed E-state index contributed by atoms with van der Waals surface area (Å²) in [6.07, 6.45) is 8.84. The fourth-order valence-electron chi connectivity index (χ4n) is 3.41. The highest BCUT2D eigenvalue weighted by Gasteiger charge is 2.18. The molecule has 1 aromatic carbocycles. The molecule has 0 saturated heterocycles. The van der Waals surface area contributed by atoms with Gasteiger partial charge in [-0.3, -0.25) is 9.89 Å². The fraction of sp³-hybridized carbons (Fsp3) is 0.238. The molecule has 2 heterocycles. The molecule has 0 bridgehead atoms. The molecule has 1 amide bonds. The van der Waals surface area contributed by atoms with Crippen molar-refractivity contribution in [1.82, 2.24) is 10.2 Å². The van der Waals surface area contributed by atoms with Gasteiger partial charge in [-0.05, 0) is 60.4 Å². The van der Waals surface area contributed by atoms with Crippen LogP contribution in [0.5, 0.6) is 0 Å². The van der Waals surface area contributed by atoms with Gasteiger partial charge < -0.3 is 4.90 Å². The first-order valence-corrected chi connectivity index (χ1v) is 9.72. The second-order valence-corrected chi connectivity index (χ2v) is 7.63. The number of nitrogens with one attached hydrogen (secondary N) is 1. The molecule has 0 spiro atoms. The highest BCUT2D eigenvalue weighted by molar-refractivity contribution is 7.09. The summed E-state index contributed by atoms with van der Waals surface area (Å²) >= 11 is 1.65. The van der Waals surface area contributed by atoms with Crippen molar-refractivity contribution in [2.45, 2.75) is 32.7 Å². The molecule has 5 heteroatoms. The average Bonchev–Trinajstić information content (AvgIpc) is 3.39. The minimum Gasteiger partial charge on any atom is -0.300 e. The molecule has 0 atom stereocenters. The second-order valence-electron chi connectivity index (χ2n) is 6.60. The van der Waals surface area contributed by atoms with Gasteiger partial charge in [0.15, 0.2) is 0 Å². The summed E-state index contributed by atoms with van der Waals surface area (Å²) in [5, 5.41) is 9.02. The van der Waals surface area contributed by atoms with Gasteiger partial charge in [-0.2, -0.15) is 5.10 Å². The van der Waals surface area contributed by atoms with E-state index in [0.717, 1.165) is 28.2 Å². The minimum absolute atomic E-state index is 0.0385. The third-order valence-corrected chi connectivity index (χ3v) is 5.66. The number of benzene rings is 1. The highest BCUT2D eigenvalue weighted by atomic mass is 32.1. The van der Waals surface area contributed by atoms with Crippen LogP contribution in [0.25, 0.3) is 6.08 Å². The number of rotatable bonds is 5. The number of thiophene rings is 1. The van der Waals surface area contributed by atoms with Crippen molar-refractivity contribution in [2.24, 2.45) is 0 Å². The van der Waals surface area contributed by atoms with Crippen LogP contribution in [0.15, 0.2) is 48.0 Å². The summed E-state index contributed by atoms with van der Waals surface area (Å²) in [7, 11) is 0. The first-order valence-electron chi connectivity index (χ1n) is 8.84. The number of nitrogens with zero attached hydrogens (tertiary/aromatic N) is 2. The zero-order valence-electron chi connectivity index (χ0n) is 14.7. The van der Waals surface area contributed by atoms with E-state index in [1.165, 1.54) is 24.0 Å². The lowest BCUT2D eigenvalue weighted by Crippen LogP contribution is -2.28. The topological polar surface area (TPSA) is 49.0 Å². The SMILES string of the molecule is Cc1[nH]ncc1N(Cc1cccs1)C(=O)C=Cc1ccc2c(c1)CCC2. The Kier molecular flexibility index (Phi) is 4.71. The van der Waals surface area contributed by atoms with E-state index in [0.29, 0.717) is 6.54 Å². The Hall–Kier alpha value is -2.66. The monoisotopic (exact) mass is 363 g/mol. The summed E-state index contributed by atoms with van der Waals surface area (Å²) in [5.41, 5.74) is 5.66. The van der Waals surface area contributed by atoms with Gasteiger partial charge in [0.05, 0.1) is 24.1 Å². The molecule has 2 aromatic heterocycles. The van der Waals surface area contributed by atoms with Crippen LogP contribution < -0.4 is 4.90 Å². The van der Waals surface area contributed by atoms with E-state index in [-0.39, 0.29) is 5.91 Å². The maximum atomic E-state index is 12.9. The molecule has 132 valence electrons. The van der Waals surface area contributed by atoms with Gasteiger partial charge in [0.1, 0.15) is 0 Å². The third kappa shape index (κ3) is 3.48. The molecule has 0 fully saturated rings. The molecular formula is C21H21N3OS. The predicted octanol–water partition coefficient (Wildman–Crippen LogP) is 4.51. The zero-order valence-corrected chi connectivity index (χ0v) is 15.6. The standard InChI is InChI=1S/C21H21N3OS/c1-15-20(13-22-23-15)24(14-19-6-3-11-26-19)21(25)10-8-16-7-9-17-4-2-5-18(17)12-16/h3,6-13H,2,4-5,14H2,1H3,(H,22,23). The number of carbonyl (C=O) groups is 1. The lowest BCUT2D eigenvalue weighted by atomic mass is 10.1. The number of hydrogen-bond acceptors (Lipinski definition) is 3. The highest BCUT2D eigenvalue weighted by Crippen LogP contribution is 2.24. The minimum atomic E-state index is -0.0385. The average molecular weight is 363 g/mol. The van der Waals surface area contributed by atoms with Gasteiger partial charge in [-0.1, -0.05) is 24.3 Å². The van der Waals surface area contributed by atoms with E-state index in [1.807, 2.05) is 30.5 Å². The van der Waals surface area contributed by atoms with Gasteiger partial charge in [0.2, 0.25) is 0 Å². The first kappa shape index (κ1) is 16.8. The van der Waals surface area contributed by atoms with Crippen LogP contribution in [0.2, 0.25) is 0 Å². The molecule has 26 heavy (non-hydrogen) atoms. The molecule has 1 aliphatic carbocycles. The lowest BCUT2D eigenvalue weighted by molar-refractivity contribution is -0.114. The third-order valence-electron chi connectivity index (χ3n) is 4.80. The number of aromatic amines is 1. The quantitative estimate of drug-likeness (QED) is 0.678. The molecule has 0 radical (unpaired) electrons. The largest absolute Gasteiger partial charge is 0.300 e. The van der Waals surface area contributed by atoms with Crippen LogP contribution in [0.4, 0.5) is 5.69 Å². The van der Waals surface area contributed by atoms with Crippen molar-refractivity contribution in [3.63, 3.8) is 0 Å². The Balaban J connectivity index is 1.57. The summed E-state index contributed by atoms with van der Waals surface area (Å²) in [5.74, 6) is -0.0385. The summed E-state index contributed by atoms with van der Waals surface area (Å²) < 4.78 is 0. The Morgan fingerprint density at radius 2 is 2.19 bits per heavy atom. The number of hydrogen-bond donors (Lipinski definition) is 1. The van der Waals surface area contributed by atoms with E-state index in [1.54, 1.807) is 28.5 Å². The van der Waals surface area contributed by atoms with Crippen molar-refractivity contribution < 1.29 is 4.79 Å². The van der Waals surface area contributed by atoms with E-state index < -0.39 is 0 Å². The van der Waals surface area contributed by atoms with Gasteiger partial charge >= 0.3 is 0 Å². The zero-order chi connectivity index (χ0) is 17.9. The number of H-pyrrole nitrogens is 1. The van der Waals surface area contributed by atoms with Crippen LogP contribution in [0, 0.1) is 6.92 Å². The maximum Gasteiger partial charge on any atom is 0.251 e. The normalized spacial score (nSPS) is 13.3. The Labute approximate surface area is 157 Å². The number of aromatic nitrogens is 2. The smallest absolute Gasteiger partial charge is 0.251 e. The number of fused-ring (bicyclic) bond motifs is 1. The lowest BCUT2D eigenvalue weighted by Gasteiger charge is -2.19. The molecule has 3 aromatic rings. The molecule has 0 unspecified atom stereocenters. The van der Waals surface area contributed by atoms with Gasteiger partial charge in [-0.25, -0.2) is 0 Å². The van der Waals surface area contributed by atoms with Crippen LogP contribution >= 0.6 is 11.3 Å². The van der Waals surface area contributed by atoms with E-state index in [9.17, 15) is 4.79 Å². The van der Waals surface area contributed by atoms with E-state index >= 15 is 0 Å². The van der Waals surface area contributed by atoms with Crippen molar-refractivity contribution in [3.05, 3.63) is 75.2 Å². The van der Waals surface area contributed by atoms with Crippen molar-refractivity contribution in [3.8, 4) is 0 Å². The van der Waals surface area contributed by atoms with Crippen LogP contribution in [0.3, 0.4) is 0 Å². The van der Waals surface area contributed by atoms with Crippen LogP contribution in [-0.2, 0) is 24.2 Å². The predicted molar refractivity (Wildman–Crippen MR) is 106 cm³/mol. The molecule has 4 rings (SSSR count). The number of amides is 1. The summed E-state index contributed by atoms with van der Waals surface area (Å²) in [4.78, 5) is 15.8. The van der Waals surface area contributed by atoms with Gasteiger partial charge in [-0.15, -0.1) is 11.3 Å². The van der Waals surface area contributed by atoms with Crippen molar-refractivity contribution >= 4 is 29.0 Å². The molecule has 1 N–H and O–H groups in total. The number of carbonyl (C=O) groups excluding carboxylic acids is 1. The summed E-state index contributed by atoms with van der Waals surface area (Å²) in [6.45, 7) is 2.48.